The zero-order valence-corrected chi connectivity index (χ0v) is 18.7. The van der Waals surface area contributed by atoms with Gasteiger partial charge in [0.25, 0.3) is 5.69 Å². The Balaban J connectivity index is 1.84. The molecule has 2 aliphatic heterocycles. The summed E-state index contributed by atoms with van der Waals surface area (Å²) in [6, 6.07) is 8.51. The number of anilines is 1. The van der Waals surface area contributed by atoms with Gasteiger partial charge in [0, 0.05) is 34.5 Å². The highest BCUT2D eigenvalue weighted by Crippen LogP contribution is 2.40. The first kappa shape index (κ1) is 21.8. The van der Waals surface area contributed by atoms with Crippen molar-refractivity contribution in [1.82, 2.24) is 5.32 Å². The standard InChI is InChI=1S/C21H18ClN3O6S/c1-11-18(20(26)29-2)19(14-9-13(25(27)28)3-5-15(14)22)23-21(32)24(11)12-4-6-16-17(10-12)31-8-7-30-16/h3-6,9-10,19H,7-8H2,1-2H3,(H,23,32)/t19-/m0/s1. The van der Waals surface area contributed by atoms with E-state index in [1.54, 1.807) is 30.0 Å². The molecule has 0 spiro atoms. The van der Waals surface area contributed by atoms with Crippen LogP contribution in [0.2, 0.25) is 5.02 Å². The van der Waals surface area contributed by atoms with Crippen LogP contribution in [-0.4, -0.2) is 36.3 Å². The molecule has 0 radical (unpaired) electrons. The van der Waals surface area contributed by atoms with E-state index in [1.165, 1.54) is 25.3 Å². The molecule has 0 saturated carbocycles. The number of allylic oxidation sites excluding steroid dienone is 1. The summed E-state index contributed by atoms with van der Waals surface area (Å²) < 4.78 is 16.2. The predicted octanol–water partition coefficient (Wildman–Crippen LogP) is 3.90. The smallest absolute Gasteiger partial charge is 0.337 e. The summed E-state index contributed by atoms with van der Waals surface area (Å²) in [5, 5.41) is 14.9. The van der Waals surface area contributed by atoms with Gasteiger partial charge < -0.3 is 19.5 Å². The molecule has 2 aromatic rings. The molecule has 4 rings (SSSR count). The van der Waals surface area contributed by atoms with Crippen molar-refractivity contribution in [2.24, 2.45) is 0 Å². The number of thiocarbonyl (C=S) groups is 1. The number of ether oxygens (including phenoxy) is 3. The Bertz CT molecular complexity index is 1170. The summed E-state index contributed by atoms with van der Waals surface area (Å²) in [6.45, 7) is 2.61. The van der Waals surface area contributed by atoms with Crippen LogP contribution in [0.1, 0.15) is 18.5 Å². The maximum Gasteiger partial charge on any atom is 0.337 e. The maximum atomic E-state index is 12.8. The van der Waals surface area contributed by atoms with Gasteiger partial charge in [-0.25, -0.2) is 4.79 Å². The first-order valence-electron chi connectivity index (χ1n) is 9.55. The second-order valence-electron chi connectivity index (χ2n) is 7.00. The van der Waals surface area contributed by atoms with Crippen molar-refractivity contribution >= 4 is 46.3 Å². The van der Waals surface area contributed by atoms with Gasteiger partial charge >= 0.3 is 5.97 Å². The average Bonchev–Trinajstić information content (AvgIpc) is 2.78. The molecule has 0 unspecified atom stereocenters. The Morgan fingerprint density at radius 1 is 1.25 bits per heavy atom. The molecule has 0 aliphatic carbocycles. The highest BCUT2D eigenvalue weighted by molar-refractivity contribution is 7.80. The van der Waals surface area contributed by atoms with Gasteiger partial charge in [0.2, 0.25) is 0 Å². The van der Waals surface area contributed by atoms with Crippen molar-refractivity contribution in [2.45, 2.75) is 13.0 Å². The molecule has 0 bridgehead atoms. The van der Waals surface area contributed by atoms with Gasteiger partial charge in [0.05, 0.1) is 29.3 Å². The lowest BCUT2D eigenvalue weighted by molar-refractivity contribution is -0.384. The first-order chi connectivity index (χ1) is 15.3. The van der Waals surface area contributed by atoms with Gasteiger partial charge in [-0.2, -0.15) is 0 Å². The highest BCUT2D eigenvalue weighted by Gasteiger charge is 2.37. The lowest BCUT2D eigenvalue weighted by atomic mass is 9.94. The van der Waals surface area contributed by atoms with Crippen LogP contribution in [0, 0.1) is 10.1 Å². The number of methoxy groups -OCH3 is 1. The molecule has 0 amide bonds. The third-order valence-corrected chi connectivity index (χ3v) is 5.82. The summed E-state index contributed by atoms with van der Waals surface area (Å²) in [6.07, 6.45) is 0. The molecular formula is C21H18ClN3O6S. The Kier molecular flexibility index (Phi) is 5.90. The van der Waals surface area contributed by atoms with Gasteiger partial charge in [0.15, 0.2) is 16.6 Å². The van der Waals surface area contributed by atoms with Crippen molar-refractivity contribution in [2.75, 3.05) is 25.2 Å². The van der Waals surface area contributed by atoms with E-state index in [0.29, 0.717) is 41.7 Å². The van der Waals surface area contributed by atoms with Crippen LogP contribution < -0.4 is 19.7 Å². The monoisotopic (exact) mass is 475 g/mol. The number of carbonyl (C=O) groups excluding carboxylic acids is 1. The fourth-order valence-corrected chi connectivity index (χ4v) is 4.29. The van der Waals surface area contributed by atoms with Gasteiger partial charge in [-0.15, -0.1) is 0 Å². The molecule has 32 heavy (non-hydrogen) atoms. The molecule has 0 fully saturated rings. The summed E-state index contributed by atoms with van der Waals surface area (Å²) in [5.41, 5.74) is 1.54. The van der Waals surface area contributed by atoms with Gasteiger partial charge in [0.1, 0.15) is 13.2 Å². The second-order valence-corrected chi connectivity index (χ2v) is 7.79. The molecule has 2 aliphatic rings. The topological polar surface area (TPSA) is 103 Å². The van der Waals surface area contributed by atoms with E-state index in [4.69, 9.17) is 38.0 Å². The van der Waals surface area contributed by atoms with Crippen LogP contribution in [0.4, 0.5) is 11.4 Å². The summed E-state index contributed by atoms with van der Waals surface area (Å²) in [4.78, 5) is 25.2. The van der Waals surface area contributed by atoms with Crippen LogP contribution in [0.5, 0.6) is 11.5 Å². The van der Waals surface area contributed by atoms with Crippen molar-refractivity contribution in [3.8, 4) is 11.5 Å². The fraction of sp³-hybridized carbons (Fsp3) is 0.238. The molecule has 9 nitrogen and oxygen atoms in total. The number of nitro benzene ring substituents is 1. The van der Waals surface area contributed by atoms with Gasteiger partial charge in [-0.3, -0.25) is 15.0 Å². The zero-order chi connectivity index (χ0) is 23.0. The van der Waals surface area contributed by atoms with E-state index in [2.05, 4.69) is 5.32 Å². The third-order valence-electron chi connectivity index (χ3n) is 5.18. The van der Waals surface area contributed by atoms with Crippen molar-refractivity contribution in [3.63, 3.8) is 0 Å². The molecule has 11 heteroatoms. The van der Waals surface area contributed by atoms with Crippen LogP contribution in [0.25, 0.3) is 0 Å². The maximum absolute atomic E-state index is 12.8. The molecule has 166 valence electrons. The number of nitrogens with zero attached hydrogens (tertiary/aromatic N) is 2. The fourth-order valence-electron chi connectivity index (χ4n) is 3.70. The molecule has 2 aromatic carbocycles. The number of hydrogen-bond donors (Lipinski definition) is 1. The van der Waals surface area contributed by atoms with E-state index in [0.717, 1.165) is 0 Å². The molecule has 1 atom stereocenters. The van der Waals surface area contributed by atoms with Crippen LogP contribution in [-0.2, 0) is 9.53 Å². The van der Waals surface area contributed by atoms with Crippen LogP contribution in [0.15, 0.2) is 47.7 Å². The number of hydrogen-bond acceptors (Lipinski definition) is 7. The summed E-state index contributed by atoms with van der Waals surface area (Å²) in [5.74, 6) is 0.562. The lowest BCUT2D eigenvalue weighted by Gasteiger charge is -2.37. The number of esters is 1. The zero-order valence-electron chi connectivity index (χ0n) is 17.1. The quantitative estimate of drug-likeness (QED) is 0.305. The minimum atomic E-state index is -0.837. The number of rotatable bonds is 4. The SMILES string of the molecule is COC(=O)C1=C(C)N(c2ccc3c(c2)OCCO3)C(=S)N[C@H]1c1cc([N+](=O)[O-])ccc1Cl. The molecule has 1 N–H and O–H groups in total. The number of benzene rings is 2. The lowest BCUT2D eigenvalue weighted by Crippen LogP contribution is -2.48. The van der Waals surface area contributed by atoms with Crippen LogP contribution >= 0.6 is 23.8 Å². The van der Waals surface area contributed by atoms with Crippen molar-refractivity contribution in [3.05, 3.63) is 68.4 Å². The number of nitrogens with one attached hydrogen (secondary N) is 1. The van der Waals surface area contributed by atoms with E-state index in [9.17, 15) is 14.9 Å². The Hall–Kier alpha value is -3.37. The predicted molar refractivity (Wildman–Crippen MR) is 121 cm³/mol. The second kappa shape index (κ2) is 8.64. The van der Waals surface area contributed by atoms with E-state index < -0.39 is 16.9 Å². The number of carbonyl (C=O) groups is 1. The Labute approximate surface area is 193 Å². The largest absolute Gasteiger partial charge is 0.486 e. The molecule has 0 aromatic heterocycles. The highest BCUT2D eigenvalue weighted by atomic mass is 35.5. The summed E-state index contributed by atoms with van der Waals surface area (Å²) in [7, 11) is 1.26. The average molecular weight is 476 g/mol. The van der Waals surface area contributed by atoms with E-state index in [1.807, 2.05) is 0 Å². The molecule has 2 heterocycles. The van der Waals surface area contributed by atoms with Crippen molar-refractivity contribution < 1.29 is 23.9 Å². The Morgan fingerprint density at radius 3 is 2.66 bits per heavy atom. The van der Waals surface area contributed by atoms with E-state index in [-0.39, 0.29) is 21.4 Å². The number of nitro groups is 1. The van der Waals surface area contributed by atoms with E-state index >= 15 is 0 Å². The third kappa shape index (κ3) is 3.82. The number of halogens is 1. The minimum Gasteiger partial charge on any atom is -0.486 e. The van der Waals surface area contributed by atoms with Crippen molar-refractivity contribution in [1.29, 1.82) is 0 Å². The van der Waals surface area contributed by atoms with Gasteiger partial charge in [-0.05, 0) is 37.3 Å². The van der Waals surface area contributed by atoms with Crippen LogP contribution in [0.3, 0.4) is 0 Å². The minimum absolute atomic E-state index is 0.159. The number of non-ortho nitro benzene ring substituents is 1. The van der Waals surface area contributed by atoms with Gasteiger partial charge in [-0.1, -0.05) is 11.6 Å². The normalized spacial score (nSPS) is 17.7. The summed E-state index contributed by atoms with van der Waals surface area (Å²) >= 11 is 12.0. The molecule has 0 saturated heterocycles. The molecular weight excluding hydrogens is 458 g/mol. The number of fused-ring (bicyclic) bond motifs is 1. The first-order valence-corrected chi connectivity index (χ1v) is 10.3. The Morgan fingerprint density at radius 2 is 1.97 bits per heavy atom.